The minimum atomic E-state index is -0.437. The van der Waals surface area contributed by atoms with Crippen molar-refractivity contribution < 1.29 is 4.79 Å². The summed E-state index contributed by atoms with van der Waals surface area (Å²) in [7, 11) is 0. The molecule has 1 unspecified atom stereocenters. The number of carbonyl (C=O) groups is 1. The number of allylic oxidation sites excluding steroid dienone is 2. The Morgan fingerprint density at radius 1 is 1.44 bits per heavy atom. The van der Waals surface area contributed by atoms with E-state index in [9.17, 15) is 4.79 Å². The zero-order valence-electron chi connectivity index (χ0n) is 10.3. The maximum atomic E-state index is 11.8. The van der Waals surface area contributed by atoms with Gasteiger partial charge in [-0.05, 0) is 25.2 Å². The second-order valence-electron chi connectivity index (χ2n) is 5.36. The lowest BCUT2D eigenvalue weighted by Gasteiger charge is -2.17. The first kappa shape index (κ1) is 13.4. The second-order valence-corrected chi connectivity index (χ2v) is 5.72. The summed E-state index contributed by atoms with van der Waals surface area (Å²) in [6, 6.07) is 0. The van der Waals surface area contributed by atoms with Gasteiger partial charge in [0, 0.05) is 12.0 Å². The fourth-order valence-electron chi connectivity index (χ4n) is 1.61. The zero-order valence-corrected chi connectivity index (χ0v) is 11.0. The smallest absolute Gasteiger partial charge is 0.197 e. The average Bonchev–Trinajstić information content (AvgIpc) is 2.25. The van der Waals surface area contributed by atoms with Crippen LogP contribution in [0.5, 0.6) is 0 Å². The Labute approximate surface area is 103 Å². The van der Waals surface area contributed by atoms with Gasteiger partial charge >= 0.3 is 0 Å². The van der Waals surface area contributed by atoms with Crippen LogP contribution in [0, 0.1) is 11.3 Å². The Bertz CT molecular complexity index is 312. The molecule has 16 heavy (non-hydrogen) atoms. The molecule has 1 aliphatic rings. The van der Waals surface area contributed by atoms with Crippen molar-refractivity contribution in [2.24, 2.45) is 16.3 Å². The number of rotatable bonds is 3. The summed E-state index contributed by atoms with van der Waals surface area (Å²) in [6.45, 7) is 6.24. The van der Waals surface area contributed by atoms with E-state index < -0.39 is 5.41 Å². The molecule has 0 N–H and O–H groups in total. The van der Waals surface area contributed by atoms with Crippen LogP contribution in [0.25, 0.3) is 0 Å². The lowest BCUT2D eigenvalue weighted by molar-refractivity contribution is -0.119. The summed E-state index contributed by atoms with van der Waals surface area (Å²) in [4.78, 5) is 16.0. The van der Waals surface area contributed by atoms with Gasteiger partial charge in [-0.2, -0.15) is 0 Å². The molecule has 0 aromatic heterocycles. The molecule has 1 rings (SSSR count). The molecule has 0 spiro atoms. The summed E-state index contributed by atoms with van der Waals surface area (Å²) < 4.78 is 0. The summed E-state index contributed by atoms with van der Waals surface area (Å²) in [5.41, 5.74) is -0.437. The molecule has 1 aliphatic carbocycles. The van der Waals surface area contributed by atoms with Gasteiger partial charge in [-0.15, -0.1) is 0 Å². The summed E-state index contributed by atoms with van der Waals surface area (Å²) >= 11 is 5.92. The highest BCUT2D eigenvalue weighted by Crippen LogP contribution is 2.20. The number of halogens is 1. The van der Waals surface area contributed by atoms with Gasteiger partial charge in [0.1, 0.15) is 0 Å². The molecule has 0 aliphatic heterocycles. The van der Waals surface area contributed by atoms with Gasteiger partial charge < -0.3 is 0 Å². The maximum Gasteiger partial charge on any atom is 0.197 e. The number of hydrogen-bond donors (Lipinski definition) is 0. The molecule has 0 amide bonds. The second kappa shape index (κ2) is 5.62. The molecule has 0 saturated heterocycles. The van der Waals surface area contributed by atoms with Crippen LogP contribution in [-0.2, 0) is 4.79 Å². The van der Waals surface area contributed by atoms with Crippen LogP contribution in [0.3, 0.4) is 0 Å². The lowest BCUT2D eigenvalue weighted by atomic mass is 9.91. The Balaban J connectivity index is 2.50. The standard InChI is InChI=1S/C13H20ClNO/c1-13(2,3)11(16)12(14)15-9-10-7-5-4-6-8-10/h4-5,10H,6-9H2,1-3H3. The zero-order chi connectivity index (χ0) is 12.2. The molecule has 0 saturated carbocycles. The maximum absolute atomic E-state index is 11.8. The van der Waals surface area contributed by atoms with Crippen LogP contribution in [0.2, 0.25) is 0 Å². The minimum Gasteiger partial charge on any atom is -0.291 e. The predicted octanol–water partition coefficient (Wildman–Crippen LogP) is 3.60. The fraction of sp³-hybridized carbons (Fsp3) is 0.692. The van der Waals surface area contributed by atoms with Crippen LogP contribution in [0.1, 0.15) is 40.0 Å². The first-order chi connectivity index (χ1) is 7.41. The van der Waals surface area contributed by atoms with Crippen LogP contribution < -0.4 is 0 Å². The van der Waals surface area contributed by atoms with Crippen LogP contribution in [-0.4, -0.2) is 17.5 Å². The third-order valence-electron chi connectivity index (χ3n) is 2.73. The molecule has 0 radical (unpaired) electrons. The SMILES string of the molecule is CC(C)(C)C(=O)C(Cl)=NCC1CC=CCC1. The molecule has 0 aromatic rings. The Morgan fingerprint density at radius 2 is 2.12 bits per heavy atom. The van der Waals surface area contributed by atoms with Crippen molar-refractivity contribution in [3.8, 4) is 0 Å². The van der Waals surface area contributed by atoms with Crippen molar-refractivity contribution in [3.05, 3.63) is 12.2 Å². The van der Waals surface area contributed by atoms with E-state index in [2.05, 4.69) is 17.1 Å². The minimum absolute atomic E-state index is 0.0690. The summed E-state index contributed by atoms with van der Waals surface area (Å²) in [5.74, 6) is 0.479. The first-order valence-corrected chi connectivity index (χ1v) is 6.19. The normalized spacial score (nSPS) is 22.2. The third kappa shape index (κ3) is 4.09. The molecule has 0 fully saturated rings. The highest BCUT2D eigenvalue weighted by Gasteiger charge is 2.25. The van der Waals surface area contributed by atoms with Crippen molar-refractivity contribution in [1.29, 1.82) is 0 Å². The quantitative estimate of drug-likeness (QED) is 0.548. The molecule has 3 heteroatoms. The molecule has 0 aromatic carbocycles. The van der Waals surface area contributed by atoms with Crippen molar-refractivity contribution in [1.82, 2.24) is 0 Å². The van der Waals surface area contributed by atoms with Crippen LogP contribution >= 0.6 is 11.6 Å². The fourth-order valence-corrected chi connectivity index (χ4v) is 1.97. The van der Waals surface area contributed by atoms with Gasteiger partial charge in [0.05, 0.1) is 0 Å². The van der Waals surface area contributed by atoms with Gasteiger partial charge in [-0.25, -0.2) is 0 Å². The Morgan fingerprint density at radius 3 is 2.62 bits per heavy atom. The van der Waals surface area contributed by atoms with Gasteiger partial charge in [0.15, 0.2) is 11.0 Å². The van der Waals surface area contributed by atoms with Crippen molar-refractivity contribution in [2.75, 3.05) is 6.54 Å². The van der Waals surface area contributed by atoms with Gasteiger partial charge in [-0.3, -0.25) is 9.79 Å². The topological polar surface area (TPSA) is 29.4 Å². The highest BCUT2D eigenvalue weighted by atomic mass is 35.5. The first-order valence-electron chi connectivity index (χ1n) is 5.81. The molecule has 2 nitrogen and oxygen atoms in total. The summed E-state index contributed by atoms with van der Waals surface area (Å²) in [5, 5.41) is 0.155. The Kier molecular flexibility index (Phi) is 4.72. The number of Topliss-reactive ketones (excluding diaryl/α,β-unsaturated/α-hetero) is 1. The van der Waals surface area contributed by atoms with Gasteiger partial charge in [-0.1, -0.05) is 44.5 Å². The number of nitrogens with zero attached hydrogens (tertiary/aromatic N) is 1. The average molecular weight is 242 g/mol. The molecular formula is C13H20ClNO. The number of ketones is 1. The monoisotopic (exact) mass is 241 g/mol. The number of hydrogen-bond acceptors (Lipinski definition) is 2. The van der Waals surface area contributed by atoms with Crippen LogP contribution in [0.15, 0.2) is 17.1 Å². The number of carbonyl (C=O) groups excluding carboxylic acids is 1. The molecular weight excluding hydrogens is 222 g/mol. The predicted molar refractivity (Wildman–Crippen MR) is 69.1 cm³/mol. The van der Waals surface area contributed by atoms with E-state index >= 15 is 0 Å². The highest BCUT2D eigenvalue weighted by molar-refractivity contribution is 6.83. The van der Waals surface area contributed by atoms with Gasteiger partial charge in [0.25, 0.3) is 0 Å². The van der Waals surface area contributed by atoms with E-state index in [1.807, 2.05) is 20.8 Å². The Hall–Kier alpha value is -0.630. The van der Waals surface area contributed by atoms with E-state index in [-0.39, 0.29) is 11.0 Å². The lowest BCUT2D eigenvalue weighted by Crippen LogP contribution is -2.26. The third-order valence-corrected chi connectivity index (χ3v) is 3.03. The van der Waals surface area contributed by atoms with Crippen molar-refractivity contribution in [2.45, 2.75) is 40.0 Å². The van der Waals surface area contributed by atoms with Crippen molar-refractivity contribution >= 4 is 22.6 Å². The van der Waals surface area contributed by atoms with E-state index in [4.69, 9.17) is 11.6 Å². The van der Waals surface area contributed by atoms with E-state index in [0.29, 0.717) is 12.5 Å². The molecule has 0 heterocycles. The van der Waals surface area contributed by atoms with E-state index in [1.54, 1.807) is 0 Å². The summed E-state index contributed by atoms with van der Waals surface area (Å²) in [6.07, 6.45) is 7.70. The van der Waals surface area contributed by atoms with E-state index in [0.717, 1.165) is 19.3 Å². The van der Waals surface area contributed by atoms with E-state index in [1.165, 1.54) is 0 Å². The largest absolute Gasteiger partial charge is 0.291 e. The van der Waals surface area contributed by atoms with Crippen LogP contribution in [0.4, 0.5) is 0 Å². The molecule has 1 atom stereocenters. The van der Waals surface area contributed by atoms with Gasteiger partial charge in [0.2, 0.25) is 0 Å². The molecule has 0 bridgehead atoms. The number of aliphatic imine (C=N–C) groups is 1. The van der Waals surface area contributed by atoms with Crippen molar-refractivity contribution in [3.63, 3.8) is 0 Å². The molecule has 90 valence electrons.